The zero-order chi connectivity index (χ0) is 17.1. The number of halogens is 1. The van der Waals surface area contributed by atoms with E-state index in [0.29, 0.717) is 15.6 Å². The lowest BCUT2D eigenvalue weighted by atomic mass is 10.1. The minimum Gasteiger partial charge on any atom is -0.457 e. The van der Waals surface area contributed by atoms with Crippen LogP contribution in [0.2, 0.25) is 5.02 Å². The predicted molar refractivity (Wildman–Crippen MR) is 91.5 cm³/mol. The van der Waals surface area contributed by atoms with Gasteiger partial charge in [0.2, 0.25) is 11.7 Å². The molecular weight excluding hydrogens is 350 g/mol. The van der Waals surface area contributed by atoms with Crippen LogP contribution in [0, 0.1) is 5.92 Å². The average molecular weight is 364 g/mol. The second-order valence-electron chi connectivity index (χ2n) is 5.36. The minimum absolute atomic E-state index is 0.0528. The van der Waals surface area contributed by atoms with E-state index in [1.807, 2.05) is 0 Å². The normalized spacial score (nSPS) is 17.1. The van der Waals surface area contributed by atoms with E-state index in [2.05, 4.69) is 0 Å². The summed E-state index contributed by atoms with van der Waals surface area (Å²) in [6, 6.07) is 10.4. The molecule has 0 unspecified atom stereocenters. The molecule has 0 bridgehead atoms. The monoisotopic (exact) mass is 363 g/mol. The molecule has 1 aromatic heterocycles. The lowest BCUT2D eigenvalue weighted by molar-refractivity contribution is -0.147. The highest BCUT2D eigenvalue weighted by Crippen LogP contribution is 2.31. The van der Waals surface area contributed by atoms with E-state index in [4.69, 9.17) is 16.3 Å². The van der Waals surface area contributed by atoms with E-state index in [-0.39, 0.29) is 31.3 Å². The van der Waals surface area contributed by atoms with Crippen LogP contribution in [-0.4, -0.2) is 30.8 Å². The van der Waals surface area contributed by atoms with Crippen molar-refractivity contribution in [2.24, 2.45) is 5.92 Å². The Morgan fingerprint density at radius 2 is 2.04 bits per heavy atom. The molecule has 3 rings (SSSR count). The van der Waals surface area contributed by atoms with Crippen molar-refractivity contribution in [3.05, 3.63) is 51.7 Å². The molecule has 24 heavy (non-hydrogen) atoms. The molecule has 0 spiro atoms. The first-order chi connectivity index (χ1) is 11.6. The second-order valence-corrected chi connectivity index (χ2v) is 6.72. The highest BCUT2D eigenvalue weighted by atomic mass is 35.5. The molecule has 2 heterocycles. The maximum absolute atomic E-state index is 12.2. The van der Waals surface area contributed by atoms with E-state index >= 15 is 0 Å². The number of hydrogen-bond acceptors (Lipinski definition) is 5. The van der Waals surface area contributed by atoms with Gasteiger partial charge in [-0.2, -0.15) is 0 Å². The number of para-hydroxylation sites is 1. The van der Waals surface area contributed by atoms with Gasteiger partial charge >= 0.3 is 5.97 Å². The van der Waals surface area contributed by atoms with E-state index in [1.165, 1.54) is 16.2 Å². The third-order valence-corrected chi connectivity index (χ3v) is 4.97. The first-order valence-electron chi connectivity index (χ1n) is 7.34. The van der Waals surface area contributed by atoms with Gasteiger partial charge in [0.15, 0.2) is 6.61 Å². The molecule has 1 amide bonds. The van der Waals surface area contributed by atoms with Gasteiger partial charge in [-0.3, -0.25) is 14.4 Å². The highest BCUT2D eigenvalue weighted by Gasteiger charge is 2.37. The average Bonchev–Trinajstić information content (AvgIpc) is 3.23. The Hall–Kier alpha value is -2.18. The molecule has 1 aliphatic heterocycles. The maximum atomic E-state index is 12.2. The van der Waals surface area contributed by atoms with Crippen molar-refractivity contribution < 1.29 is 19.1 Å². The first kappa shape index (κ1) is 16.7. The second kappa shape index (κ2) is 7.15. The molecular formula is C17H14ClNO4S. The van der Waals surface area contributed by atoms with Gasteiger partial charge in [-0.25, -0.2) is 0 Å². The lowest BCUT2D eigenvalue weighted by Crippen LogP contribution is -2.27. The number of rotatable bonds is 5. The molecule has 7 heteroatoms. The van der Waals surface area contributed by atoms with Crippen molar-refractivity contribution in [1.82, 2.24) is 0 Å². The zero-order valence-corrected chi connectivity index (χ0v) is 14.2. The minimum atomic E-state index is -0.593. The summed E-state index contributed by atoms with van der Waals surface area (Å²) in [4.78, 5) is 38.2. The smallest absolute Gasteiger partial charge is 0.311 e. The van der Waals surface area contributed by atoms with Crippen LogP contribution in [0.15, 0.2) is 41.8 Å². The topological polar surface area (TPSA) is 63.7 Å². The largest absolute Gasteiger partial charge is 0.457 e. The van der Waals surface area contributed by atoms with Gasteiger partial charge in [-0.15, -0.1) is 11.3 Å². The lowest BCUT2D eigenvalue weighted by Gasteiger charge is -2.17. The molecule has 0 aliphatic carbocycles. The molecule has 1 aliphatic rings. The summed E-state index contributed by atoms with van der Waals surface area (Å²) in [5.74, 6) is -1.56. The molecule has 1 aromatic carbocycles. The van der Waals surface area contributed by atoms with Crippen molar-refractivity contribution in [1.29, 1.82) is 0 Å². The van der Waals surface area contributed by atoms with Gasteiger partial charge < -0.3 is 9.64 Å². The van der Waals surface area contributed by atoms with Crippen LogP contribution in [-0.2, 0) is 14.3 Å². The third-order valence-electron chi connectivity index (χ3n) is 3.74. The SMILES string of the molecule is O=C(COC(=O)[C@@H]1CC(=O)N(c2ccccc2Cl)C1)c1cccs1. The Morgan fingerprint density at radius 1 is 1.25 bits per heavy atom. The van der Waals surface area contributed by atoms with Gasteiger partial charge in [-0.1, -0.05) is 29.8 Å². The molecule has 0 saturated carbocycles. The predicted octanol–water partition coefficient (Wildman–Crippen LogP) is 3.18. The quantitative estimate of drug-likeness (QED) is 0.604. The summed E-state index contributed by atoms with van der Waals surface area (Å²) < 4.78 is 5.08. The van der Waals surface area contributed by atoms with Crippen LogP contribution in [0.4, 0.5) is 5.69 Å². The van der Waals surface area contributed by atoms with E-state index < -0.39 is 11.9 Å². The Kier molecular flexibility index (Phi) is 4.97. The van der Waals surface area contributed by atoms with Crippen molar-refractivity contribution in [2.75, 3.05) is 18.1 Å². The zero-order valence-electron chi connectivity index (χ0n) is 12.6. The van der Waals surface area contributed by atoms with Crippen molar-refractivity contribution >= 4 is 46.3 Å². The number of thiophene rings is 1. The number of ether oxygens (including phenoxy) is 1. The molecule has 0 N–H and O–H groups in total. The number of esters is 1. The fraction of sp³-hybridized carbons (Fsp3) is 0.235. The van der Waals surface area contributed by atoms with Crippen LogP contribution in [0.5, 0.6) is 0 Å². The fourth-order valence-corrected chi connectivity index (χ4v) is 3.42. The molecule has 0 radical (unpaired) electrons. The number of benzene rings is 1. The molecule has 1 fully saturated rings. The summed E-state index contributed by atoms with van der Waals surface area (Å²) >= 11 is 7.40. The number of ketones is 1. The Labute approximate surface area is 147 Å². The molecule has 2 aromatic rings. The Morgan fingerprint density at radius 3 is 2.75 bits per heavy atom. The molecule has 1 atom stereocenters. The van der Waals surface area contributed by atoms with Crippen LogP contribution < -0.4 is 4.90 Å². The molecule has 1 saturated heterocycles. The van der Waals surface area contributed by atoms with Crippen molar-refractivity contribution in [2.45, 2.75) is 6.42 Å². The van der Waals surface area contributed by atoms with Gasteiger partial charge in [-0.05, 0) is 23.6 Å². The number of anilines is 1. The van der Waals surface area contributed by atoms with E-state index in [9.17, 15) is 14.4 Å². The summed E-state index contributed by atoms with van der Waals surface area (Å²) in [6.45, 7) is -0.106. The molecule has 124 valence electrons. The van der Waals surface area contributed by atoms with Gasteiger partial charge in [0.05, 0.1) is 21.5 Å². The van der Waals surface area contributed by atoms with Gasteiger partial charge in [0.1, 0.15) is 0 Å². The highest BCUT2D eigenvalue weighted by molar-refractivity contribution is 7.12. The van der Waals surface area contributed by atoms with E-state index in [1.54, 1.807) is 41.8 Å². The standard InChI is InChI=1S/C17H14ClNO4S/c18-12-4-1-2-5-13(12)19-9-11(8-16(19)21)17(22)23-10-14(20)15-6-3-7-24-15/h1-7,11H,8-10H2/t11-/m1/s1. The summed E-state index contributed by atoms with van der Waals surface area (Å²) in [5, 5.41) is 2.24. The Balaban J connectivity index is 1.60. The first-order valence-corrected chi connectivity index (χ1v) is 8.60. The number of carbonyl (C=O) groups excluding carboxylic acids is 3. The number of hydrogen-bond donors (Lipinski definition) is 0. The number of carbonyl (C=O) groups is 3. The number of Topliss-reactive ketones (excluding diaryl/α,β-unsaturated/α-hetero) is 1. The maximum Gasteiger partial charge on any atom is 0.311 e. The Bertz CT molecular complexity index is 775. The summed E-state index contributed by atoms with van der Waals surface area (Å²) in [5.41, 5.74) is 0.578. The van der Waals surface area contributed by atoms with Crippen LogP contribution in [0.1, 0.15) is 16.1 Å². The number of nitrogens with zero attached hydrogens (tertiary/aromatic N) is 1. The van der Waals surface area contributed by atoms with Crippen molar-refractivity contribution in [3.8, 4) is 0 Å². The van der Waals surface area contributed by atoms with E-state index in [0.717, 1.165) is 0 Å². The van der Waals surface area contributed by atoms with Crippen molar-refractivity contribution in [3.63, 3.8) is 0 Å². The summed E-state index contributed by atoms with van der Waals surface area (Å²) in [6.07, 6.45) is 0.0528. The van der Waals surface area contributed by atoms with Crippen LogP contribution in [0.3, 0.4) is 0 Å². The van der Waals surface area contributed by atoms with Crippen LogP contribution >= 0.6 is 22.9 Å². The summed E-state index contributed by atoms with van der Waals surface area (Å²) in [7, 11) is 0. The third kappa shape index (κ3) is 3.49. The number of amides is 1. The van der Waals surface area contributed by atoms with Gasteiger partial charge in [0.25, 0.3) is 0 Å². The van der Waals surface area contributed by atoms with Crippen LogP contribution in [0.25, 0.3) is 0 Å². The molecule has 5 nitrogen and oxygen atoms in total. The fourth-order valence-electron chi connectivity index (χ4n) is 2.53. The van der Waals surface area contributed by atoms with Gasteiger partial charge in [0, 0.05) is 13.0 Å².